The Morgan fingerprint density at radius 2 is 2.04 bits per heavy atom. The molecule has 0 aliphatic carbocycles. The van der Waals surface area contributed by atoms with Crippen LogP contribution >= 0.6 is 23.1 Å². The molecule has 11 heteroatoms. The van der Waals surface area contributed by atoms with Gasteiger partial charge in [0, 0.05) is 26.4 Å². The molecular weight excluding hydrogens is 370 g/mol. The van der Waals surface area contributed by atoms with Crippen molar-refractivity contribution in [3.05, 3.63) is 18.2 Å². The third kappa shape index (κ3) is 3.79. The number of thiazole rings is 1. The first-order chi connectivity index (χ1) is 11.4. The number of hydrogen-bond acceptors (Lipinski definition) is 10. The van der Waals surface area contributed by atoms with Gasteiger partial charge in [0.1, 0.15) is 0 Å². The lowest BCUT2D eigenvalue weighted by atomic mass is 10.3. The van der Waals surface area contributed by atoms with Gasteiger partial charge in [0.25, 0.3) is 0 Å². The number of thioether (sulfide) groups is 1. The Morgan fingerprint density at radius 3 is 2.71 bits per heavy atom. The Labute approximate surface area is 147 Å². The number of nitrogens with zero attached hydrogens (tertiary/aromatic N) is 5. The van der Waals surface area contributed by atoms with E-state index in [0.29, 0.717) is 13.0 Å². The first-order valence-corrected chi connectivity index (χ1v) is 10.6. The summed E-state index contributed by atoms with van der Waals surface area (Å²) in [5, 5.41) is 15.5. The van der Waals surface area contributed by atoms with Crippen molar-refractivity contribution in [3.63, 3.8) is 0 Å². The number of fused-ring (bicyclic) bond motifs is 1. The second-order valence-corrected chi connectivity index (χ2v) is 9.75. The lowest BCUT2D eigenvalue weighted by Crippen LogP contribution is -2.16. The summed E-state index contributed by atoms with van der Waals surface area (Å²) in [5.74, 6) is 0. The molecule has 0 saturated carbocycles. The van der Waals surface area contributed by atoms with Crippen LogP contribution in [0.1, 0.15) is 12.8 Å². The van der Waals surface area contributed by atoms with Crippen molar-refractivity contribution in [3.8, 4) is 0 Å². The van der Waals surface area contributed by atoms with E-state index in [1.807, 2.05) is 0 Å². The molecule has 0 radical (unpaired) electrons. The maximum absolute atomic E-state index is 11.7. The van der Waals surface area contributed by atoms with Crippen LogP contribution in [0.15, 0.2) is 48.1 Å². The van der Waals surface area contributed by atoms with E-state index in [2.05, 4.69) is 25.7 Å². The summed E-state index contributed by atoms with van der Waals surface area (Å²) in [6, 6.07) is 4.92. The summed E-state index contributed by atoms with van der Waals surface area (Å²) < 4.78 is 30.0. The molecule has 0 spiro atoms. The lowest BCUT2D eigenvalue weighted by molar-refractivity contribution is 0.189. The van der Waals surface area contributed by atoms with Gasteiger partial charge in [-0.1, -0.05) is 0 Å². The average Bonchev–Trinajstić information content (AvgIpc) is 3.12. The predicted octanol–water partition coefficient (Wildman–Crippen LogP) is 3.71. The van der Waals surface area contributed by atoms with Gasteiger partial charge in [-0.3, -0.25) is 0 Å². The molecule has 1 aromatic carbocycles. The van der Waals surface area contributed by atoms with Crippen molar-refractivity contribution < 1.29 is 13.2 Å². The zero-order valence-electron chi connectivity index (χ0n) is 13.0. The molecule has 1 aliphatic heterocycles. The molecule has 24 heavy (non-hydrogen) atoms. The van der Waals surface area contributed by atoms with Gasteiger partial charge in [-0.2, -0.15) is 0 Å². The van der Waals surface area contributed by atoms with Gasteiger partial charge < -0.3 is 4.74 Å². The smallest absolute Gasteiger partial charge is 0.247 e. The van der Waals surface area contributed by atoms with Gasteiger partial charge in [-0.15, -0.1) is 21.6 Å². The Kier molecular flexibility index (Phi) is 4.95. The van der Waals surface area contributed by atoms with Crippen molar-refractivity contribution >= 4 is 43.2 Å². The highest BCUT2D eigenvalue weighted by Gasteiger charge is 2.35. The number of rotatable bonds is 7. The van der Waals surface area contributed by atoms with Gasteiger partial charge in [0.05, 0.1) is 15.1 Å². The molecule has 0 bridgehead atoms. The minimum absolute atomic E-state index is 0.283. The van der Waals surface area contributed by atoms with Crippen LogP contribution in [0.2, 0.25) is 0 Å². The molecule has 1 aromatic heterocycles. The fraction of sp³-hybridized carbons (Fsp3) is 0.462. The quantitative estimate of drug-likeness (QED) is 0.676. The molecule has 1 aliphatic rings. The van der Waals surface area contributed by atoms with Crippen LogP contribution < -0.4 is 0 Å². The van der Waals surface area contributed by atoms with E-state index in [-0.39, 0.29) is 4.90 Å². The molecule has 0 saturated heterocycles. The summed E-state index contributed by atoms with van der Waals surface area (Å²) >= 11 is 2.77. The van der Waals surface area contributed by atoms with E-state index in [0.717, 1.165) is 21.0 Å². The highest BCUT2D eigenvalue weighted by molar-refractivity contribution is 8.02. The van der Waals surface area contributed by atoms with Crippen LogP contribution in [0.5, 0.6) is 0 Å². The van der Waals surface area contributed by atoms with Gasteiger partial charge in [0.2, 0.25) is 4.99 Å². The van der Waals surface area contributed by atoms with Crippen molar-refractivity contribution in [2.75, 3.05) is 20.0 Å². The van der Waals surface area contributed by atoms with E-state index >= 15 is 0 Å². The zero-order valence-corrected chi connectivity index (χ0v) is 15.5. The van der Waals surface area contributed by atoms with Crippen molar-refractivity contribution in [2.45, 2.75) is 27.1 Å². The number of methoxy groups -OCH3 is 1. The number of benzene rings is 1. The molecule has 3 rings (SSSR count). The Morgan fingerprint density at radius 1 is 1.29 bits per heavy atom. The number of aromatic nitrogens is 1. The fourth-order valence-corrected chi connectivity index (χ4v) is 5.26. The van der Waals surface area contributed by atoms with Crippen molar-refractivity contribution in [1.29, 1.82) is 0 Å². The molecule has 2 heterocycles. The Hall–Kier alpha value is -1.43. The maximum atomic E-state index is 11.7. The first-order valence-electron chi connectivity index (χ1n) is 7.05. The summed E-state index contributed by atoms with van der Waals surface area (Å²) in [6.45, 7) is 0.602. The second-order valence-electron chi connectivity index (χ2n) is 5.20. The molecule has 0 atom stereocenters. The summed E-state index contributed by atoms with van der Waals surface area (Å²) in [6.07, 6.45) is 2.59. The molecule has 0 N–H and O–H groups in total. The fourth-order valence-electron chi connectivity index (χ4n) is 2.14. The van der Waals surface area contributed by atoms with Gasteiger partial charge in [0.15, 0.2) is 14.2 Å². The summed E-state index contributed by atoms with van der Waals surface area (Å²) in [4.78, 5) is 3.99. The van der Waals surface area contributed by atoms with E-state index in [9.17, 15) is 8.42 Å². The third-order valence-electron chi connectivity index (χ3n) is 3.31. The van der Waals surface area contributed by atoms with E-state index in [1.165, 1.54) is 29.4 Å². The van der Waals surface area contributed by atoms with E-state index < -0.39 is 14.8 Å². The molecule has 0 fully saturated rings. The van der Waals surface area contributed by atoms with Crippen molar-refractivity contribution in [1.82, 2.24) is 4.98 Å². The summed E-state index contributed by atoms with van der Waals surface area (Å²) in [7, 11) is -1.60. The summed E-state index contributed by atoms with van der Waals surface area (Å²) in [5.41, 5.74) is 0.744. The van der Waals surface area contributed by atoms with Crippen LogP contribution in [0, 0.1) is 0 Å². The van der Waals surface area contributed by atoms with Crippen molar-refractivity contribution in [2.24, 2.45) is 20.7 Å². The molecule has 0 amide bonds. The lowest BCUT2D eigenvalue weighted by Gasteiger charge is -2.16. The standard InChI is InChI=1S/C13H15N5O3S3/c1-21-7-3-6-13(15-17-18-16-13)23-12-14-10-5-4-9(24(2,19)20)8-11(10)22-12/h4-5,8H,3,6-7H2,1-2H3. The molecule has 2 aromatic rings. The average molecular weight is 385 g/mol. The molecule has 0 unspecified atom stereocenters. The second kappa shape index (κ2) is 6.82. The van der Waals surface area contributed by atoms with Crippen LogP contribution in [0.3, 0.4) is 0 Å². The van der Waals surface area contributed by atoms with Gasteiger partial charge in [-0.05, 0) is 46.8 Å². The monoisotopic (exact) mass is 385 g/mol. The molecule has 128 valence electrons. The van der Waals surface area contributed by atoms with Gasteiger partial charge in [-0.25, -0.2) is 13.4 Å². The van der Waals surface area contributed by atoms with Crippen LogP contribution in [0.4, 0.5) is 0 Å². The molecule has 8 nitrogen and oxygen atoms in total. The zero-order chi connectivity index (χ0) is 17.2. The van der Waals surface area contributed by atoms with Crippen LogP contribution in [-0.2, 0) is 14.6 Å². The normalized spacial score (nSPS) is 16.2. The molecular formula is C13H15N5O3S3. The number of sulfone groups is 1. The third-order valence-corrected chi connectivity index (χ3v) is 6.70. The first kappa shape index (κ1) is 17.4. The SMILES string of the molecule is COCCCC1(Sc2nc3ccc(S(C)(=O)=O)cc3s2)N=NN=N1. The predicted molar refractivity (Wildman–Crippen MR) is 92.1 cm³/mol. The topological polar surface area (TPSA) is 106 Å². The van der Waals surface area contributed by atoms with E-state index in [4.69, 9.17) is 4.74 Å². The Balaban J connectivity index is 1.86. The largest absolute Gasteiger partial charge is 0.385 e. The van der Waals surface area contributed by atoms with Crippen LogP contribution in [-0.4, -0.2) is 38.4 Å². The highest BCUT2D eigenvalue weighted by Crippen LogP contribution is 2.44. The maximum Gasteiger partial charge on any atom is 0.247 e. The minimum Gasteiger partial charge on any atom is -0.385 e. The van der Waals surface area contributed by atoms with Gasteiger partial charge >= 0.3 is 0 Å². The van der Waals surface area contributed by atoms with E-state index in [1.54, 1.807) is 25.3 Å². The van der Waals surface area contributed by atoms with Crippen LogP contribution in [0.25, 0.3) is 10.2 Å². The number of hydrogen-bond donors (Lipinski definition) is 0. The minimum atomic E-state index is -3.24. The Bertz CT molecular complexity index is 895. The highest BCUT2D eigenvalue weighted by atomic mass is 32.2. The number of ether oxygens (including phenoxy) is 1.